The summed E-state index contributed by atoms with van der Waals surface area (Å²) in [6.07, 6.45) is 4.89. The number of rotatable bonds is 4. The van der Waals surface area contributed by atoms with Crippen LogP contribution in [0.15, 0.2) is 29.0 Å². The number of nitrogens with zero attached hydrogens (tertiary/aromatic N) is 4. The molecule has 0 unspecified atom stereocenters. The minimum Gasteiger partial charge on any atom is -0.345 e. The van der Waals surface area contributed by atoms with Gasteiger partial charge in [0, 0.05) is 55.4 Å². The van der Waals surface area contributed by atoms with Crippen molar-refractivity contribution in [3.05, 3.63) is 40.8 Å². The van der Waals surface area contributed by atoms with Crippen LogP contribution in [-0.4, -0.2) is 57.3 Å². The number of likely N-dealkylation sites (tertiary alicyclic amines) is 1. The molecule has 2 N–H and O–H groups in total. The second-order valence-corrected chi connectivity index (χ2v) is 9.03. The fraction of sp³-hybridized carbons (Fsp3) is 0.440. The number of ketones is 2. The van der Waals surface area contributed by atoms with Crippen molar-refractivity contribution in [2.45, 2.75) is 53.1 Å². The largest absolute Gasteiger partial charge is 0.345 e. The molecule has 1 aromatic carbocycles. The quantitative estimate of drug-likeness (QED) is 0.322. The number of aromatic nitrogens is 1. The number of hydrogen-bond donors (Lipinski definition) is 1. The number of amides is 2. The van der Waals surface area contributed by atoms with Crippen molar-refractivity contribution in [3.8, 4) is 0 Å². The maximum Gasteiger partial charge on any atom is 0.320 e. The van der Waals surface area contributed by atoms with E-state index >= 15 is 0 Å². The SMILES string of the molecule is CC(=O)C(=C(\C(C)=O)c1cn2c3c(cc(F)cc13)CN(C(=O)N1CCCCC1)CC2)/C(C)=N/N. The zero-order chi connectivity index (χ0) is 24.6. The molecule has 1 aromatic heterocycles. The van der Waals surface area contributed by atoms with E-state index in [0.717, 1.165) is 37.9 Å². The van der Waals surface area contributed by atoms with Gasteiger partial charge in [0.2, 0.25) is 0 Å². The summed E-state index contributed by atoms with van der Waals surface area (Å²) in [5.74, 6) is 4.29. The molecule has 1 saturated heterocycles. The van der Waals surface area contributed by atoms with Crippen molar-refractivity contribution in [1.82, 2.24) is 14.4 Å². The first-order valence-corrected chi connectivity index (χ1v) is 11.6. The number of allylic oxidation sites excluding steroid dienone is 2. The van der Waals surface area contributed by atoms with Gasteiger partial charge in [-0.15, -0.1) is 0 Å². The van der Waals surface area contributed by atoms with E-state index in [1.807, 2.05) is 9.47 Å². The van der Waals surface area contributed by atoms with Crippen LogP contribution in [0.2, 0.25) is 0 Å². The molecular formula is C25H30FN5O3. The molecule has 2 aliphatic rings. The van der Waals surface area contributed by atoms with Crippen LogP contribution < -0.4 is 5.84 Å². The van der Waals surface area contributed by atoms with Gasteiger partial charge >= 0.3 is 6.03 Å². The van der Waals surface area contributed by atoms with Crippen molar-refractivity contribution in [1.29, 1.82) is 0 Å². The average molecular weight is 468 g/mol. The molecule has 2 amide bonds. The lowest BCUT2D eigenvalue weighted by Crippen LogP contribution is -2.45. The number of hydrazone groups is 1. The number of carbonyl (C=O) groups excluding carboxylic acids is 3. The summed E-state index contributed by atoms with van der Waals surface area (Å²) in [7, 11) is 0. The molecule has 0 atom stereocenters. The Morgan fingerprint density at radius 1 is 0.941 bits per heavy atom. The van der Waals surface area contributed by atoms with Crippen LogP contribution in [0.1, 0.15) is 51.2 Å². The van der Waals surface area contributed by atoms with Gasteiger partial charge in [0.05, 0.1) is 16.8 Å². The minimum absolute atomic E-state index is 0.0268. The van der Waals surface area contributed by atoms with Gasteiger partial charge in [0.1, 0.15) is 5.82 Å². The second-order valence-electron chi connectivity index (χ2n) is 9.03. The molecule has 34 heavy (non-hydrogen) atoms. The van der Waals surface area contributed by atoms with Crippen LogP contribution in [0, 0.1) is 5.82 Å². The third kappa shape index (κ3) is 4.22. The van der Waals surface area contributed by atoms with E-state index in [0.29, 0.717) is 29.6 Å². The Hall–Kier alpha value is -3.49. The second kappa shape index (κ2) is 9.40. The monoisotopic (exact) mass is 467 g/mol. The normalized spacial score (nSPS) is 17.5. The van der Waals surface area contributed by atoms with E-state index in [4.69, 9.17) is 5.84 Å². The molecule has 8 nitrogen and oxygen atoms in total. The predicted octanol–water partition coefficient (Wildman–Crippen LogP) is 3.47. The van der Waals surface area contributed by atoms with Crippen LogP contribution in [0.3, 0.4) is 0 Å². The maximum absolute atomic E-state index is 14.8. The number of halogens is 1. The molecule has 0 aliphatic carbocycles. The van der Waals surface area contributed by atoms with E-state index in [9.17, 15) is 18.8 Å². The van der Waals surface area contributed by atoms with E-state index in [1.165, 1.54) is 26.0 Å². The lowest BCUT2D eigenvalue weighted by Gasteiger charge is -2.32. The van der Waals surface area contributed by atoms with Crippen molar-refractivity contribution in [2.75, 3.05) is 19.6 Å². The van der Waals surface area contributed by atoms with E-state index in [2.05, 4.69) is 5.10 Å². The summed E-state index contributed by atoms with van der Waals surface area (Å²) in [6.45, 7) is 6.99. The van der Waals surface area contributed by atoms with Gasteiger partial charge in [-0.05, 0) is 57.7 Å². The van der Waals surface area contributed by atoms with Crippen LogP contribution in [-0.2, 0) is 22.7 Å². The highest BCUT2D eigenvalue weighted by Gasteiger charge is 2.29. The molecule has 4 rings (SSSR count). The summed E-state index contributed by atoms with van der Waals surface area (Å²) >= 11 is 0. The Balaban J connectivity index is 1.86. The first-order chi connectivity index (χ1) is 16.2. The standard InChI is InChI=1S/C25H30FN5O3/c1-15(28-27)22(16(2)32)23(17(3)33)21-14-30-9-10-31(25(34)29-7-5-4-6-8-29)13-18-11-19(26)12-20(21)24(18)30/h11-12,14H,4-10,13,27H2,1-3H3/b23-22+,28-15+. The number of urea groups is 1. The number of benzene rings is 1. The smallest absolute Gasteiger partial charge is 0.320 e. The first-order valence-electron chi connectivity index (χ1n) is 11.6. The zero-order valence-electron chi connectivity index (χ0n) is 19.9. The highest BCUT2D eigenvalue weighted by molar-refractivity contribution is 6.37. The number of carbonyl (C=O) groups is 3. The summed E-state index contributed by atoms with van der Waals surface area (Å²) in [5, 5.41) is 4.16. The lowest BCUT2D eigenvalue weighted by atomic mass is 9.91. The summed E-state index contributed by atoms with van der Waals surface area (Å²) < 4.78 is 16.8. The molecule has 1 fully saturated rings. The molecule has 2 aliphatic heterocycles. The van der Waals surface area contributed by atoms with Gasteiger partial charge in [-0.3, -0.25) is 9.59 Å². The zero-order valence-corrected chi connectivity index (χ0v) is 19.9. The molecule has 0 saturated carbocycles. The van der Waals surface area contributed by atoms with Gasteiger partial charge in [0.15, 0.2) is 11.6 Å². The molecule has 180 valence electrons. The minimum atomic E-state index is -0.467. The number of hydrogen-bond acceptors (Lipinski definition) is 5. The third-order valence-electron chi connectivity index (χ3n) is 6.66. The van der Waals surface area contributed by atoms with E-state index in [-0.39, 0.29) is 41.0 Å². The van der Waals surface area contributed by atoms with E-state index in [1.54, 1.807) is 18.0 Å². The Kier molecular flexibility index (Phi) is 6.54. The lowest BCUT2D eigenvalue weighted by molar-refractivity contribution is -0.114. The third-order valence-corrected chi connectivity index (χ3v) is 6.66. The van der Waals surface area contributed by atoms with Crippen molar-refractivity contribution in [3.63, 3.8) is 0 Å². The summed E-state index contributed by atoms with van der Waals surface area (Å²) in [4.78, 5) is 42.0. The van der Waals surface area contributed by atoms with Crippen LogP contribution in [0.5, 0.6) is 0 Å². The van der Waals surface area contributed by atoms with Gasteiger partial charge in [0.25, 0.3) is 0 Å². The Labute approximate surface area is 197 Å². The van der Waals surface area contributed by atoms with Crippen molar-refractivity contribution in [2.24, 2.45) is 10.9 Å². The van der Waals surface area contributed by atoms with E-state index < -0.39 is 5.82 Å². The van der Waals surface area contributed by atoms with Gasteiger partial charge < -0.3 is 20.2 Å². The fourth-order valence-corrected chi connectivity index (χ4v) is 5.12. The Morgan fingerprint density at radius 3 is 2.26 bits per heavy atom. The number of nitrogens with two attached hydrogens (primary N) is 1. The number of piperidine rings is 1. The van der Waals surface area contributed by atoms with Crippen LogP contribution >= 0.6 is 0 Å². The predicted molar refractivity (Wildman–Crippen MR) is 129 cm³/mol. The molecule has 0 radical (unpaired) electrons. The Morgan fingerprint density at radius 2 is 1.65 bits per heavy atom. The highest BCUT2D eigenvalue weighted by Crippen LogP contribution is 2.35. The van der Waals surface area contributed by atoms with Gasteiger partial charge in [-0.2, -0.15) is 5.10 Å². The average Bonchev–Trinajstić information content (AvgIpc) is 3.05. The van der Waals surface area contributed by atoms with Gasteiger partial charge in [-0.1, -0.05) is 0 Å². The molecular weight excluding hydrogens is 437 g/mol. The molecule has 3 heterocycles. The van der Waals surface area contributed by atoms with Gasteiger partial charge in [-0.25, -0.2) is 9.18 Å². The fourth-order valence-electron chi connectivity index (χ4n) is 5.12. The molecule has 0 bridgehead atoms. The summed E-state index contributed by atoms with van der Waals surface area (Å²) in [5.41, 5.74) is 2.42. The molecule has 0 spiro atoms. The summed E-state index contributed by atoms with van der Waals surface area (Å²) in [6, 6.07) is 2.80. The van der Waals surface area contributed by atoms with Crippen LogP contribution in [0.4, 0.5) is 9.18 Å². The first kappa shape index (κ1) is 23.7. The van der Waals surface area contributed by atoms with Crippen molar-refractivity contribution >= 4 is 39.8 Å². The molecule has 2 aromatic rings. The topological polar surface area (TPSA) is 101 Å². The van der Waals surface area contributed by atoms with Crippen molar-refractivity contribution < 1.29 is 18.8 Å². The maximum atomic E-state index is 14.8. The number of Topliss-reactive ketones (excluding diaryl/α,β-unsaturated/α-hetero) is 2. The highest BCUT2D eigenvalue weighted by atomic mass is 19.1. The molecule has 9 heteroatoms. The van der Waals surface area contributed by atoms with Crippen LogP contribution in [0.25, 0.3) is 16.5 Å². The Bertz CT molecular complexity index is 1240.